The highest BCUT2D eigenvalue weighted by Crippen LogP contribution is 2.27. The summed E-state index contributed by atoms with van der Waals surface area (Å²) in [5, 5.41) is 6.39. The van der Waals surface area contributed by atoms with Gasteiger partial charge in [-0.3, -0.25) is 4.79 Å². The number of rotatable bonds is 3. The lowest BCUT2D eigenvalue weighted by atomic mass is 9.90. The maximum Gasteiger partial charge on any atom is 0.240 e. The molecule has 1 aromatic heterocycles. The van der Waals surface area contributed by atoms with Gasteiger partial charge in [-0.15, -0.1) is 11.3 Å². The summed E-state index contributed by atoms with van der Waals surface area (Å²) in [6, 6.07) is 3.84. The largest absolute Gasteiger partial charge is 0.347 e. The first kappa shape index (κ1) is 13.8. The van der Waals surface area contributed by atoms with Gasteiger partial charge in [0.05, 0.1) is 15.9 Å². The lowest BCUT2D eigenvalue weighted by Crippen LogP contribution is -2.57. The Labute approximate surface area is 117 Å². The number of halogens is 1. The van der Waals surface area contributed by atoms with Gasteiger partial charge in [-0.2, -0.15) is 0 Å². The molecule has 0 radical (unpaired) electrons. The molecule has 1 aromatic rings. The van der Waals surface area contributed by atoms with Gasteiger partial charge in [-0.1, -0.05) is 11.6 Å². The minimum absolute atomic E-state index is 0.00977. The summed E-state index contributed by atoms with van der Waals surface area (Å²) in [5.41, 5.74) is -0.423. The second kappa shape index (κ2) is 5.59. The van der Waals surface area contributed by atoms with Crippen LogP contribution in [-0.2, 0) is 4.79 Å². The number of carbonyl (C=O) groups is 1. The van der Waals surface area contributed by atoms with Gasteiger partial charge in [-0.05, 0) is 51.8 Å². The molecule has 5 heteroatoms. The Kier molecular flexibility index (Phi) is 4.30. The van der Waals surface area contributed by atoms with E-state index in [9.17, 15) is 4.79 Å². The Balaban J connectivity index is 1.98. The number of thiophene rings is 1. The van der Waals surface area contributed by atoms with E-state index in [1.54, 1.807) is 0 Å². The number of amides is 1. The number of nitrogens with one attached hydrogen (secondary N) is 2. The van der Waals surface area contributed by atoms with Crippen molar-refractivity contribution in [2.24, 2.45) is 0 Å². The number of piperidine rings is 1. The van der Waals surface area contributed by atoms with Crippen molar-refractivity contribution in [1.82, 2.24) is 10.6 Å². The van der Waals surface area contributed by atoms with Crippen LogP contribution in [0.5, 0.6) is 0 Å². The third-order valence-electron chi connectivity index (χ3n) is 3.49. The van der Waals surface area contributed by atoms with Gasteiger partial charge in [0.15, 0.2) is 0 Å². The lowest BCUT2D eigenvalue weighted by molar-refractivity contribution is -0.128. The zero-order valence-electron chi connectivity index (χ0n) is 10.8. The SMILES string of the molecule is CC(NC(=O)C1(C)CCCCN1)c1ccc(Cl)s1. The van der Waals surface area contributed by atoms with Crippen LogP contribution in [0.4, 0.5) is 0 Å². The van der Waals surface area contributed by atoms with E-state index in [-0.39, 0.29) is 11.9 Å². The van der Waals surface area contributed by atoms with Crippen LogP contribution in [0.2, 0.25) is 4.34 Å². The van der Waals surface area contributed by atoms with E-state index in [0.29, 0.717) is 0 Å². The van der Waals surface area contributed by atoms with Crippen molar-refractivity contribution in [3.05, 3.63) is 21.3 Å². The minimum Gasteiger partial charge on any atom is -0.347 e. The van der Waals surface area contributed by atoms with Crippen molar-refractivity contribution in [3.8, 4) is 0 Å². The predicted molar refractivity (Wildman–Crippen MR) is 76.1 cm³/mol. The first-order valence-electron chi connectivity index (χ1n) is 6.32. The summed E-state index contributed by atoms with van der Waals surface area (Å²) in [6.07, 6.45) is 3.16. The number of carbonyl (C=O) groups excluding carboxylic acids is 1. The fraction of sp³-hybridized carbons (Fsp3) is 0.615. The van der Waals surface area contributed by atoms with Crippen LogP contribution in [0.1, 0.15) is 44.0 Å². The Morgan fingerprint density at radius 2 is 2.33 bits per heavy atom. The third-order valence-corrected chi connectivity index (χ3v) is 4.90. The van der Waals surface area contributed by atoms with Gasteiger partial charge in [0.2, 0.25) is 5.91 Å². The molecule has 1 fully saturated rings. The standard InChI is InChI=1S/C13H19ClN2OS/c1-9(10-5-6-11(14)18-10)16-12(17)13(2)7-3-4-8-15-13/h5-6,9,15H,3-4,7-8H2,1-2H3,(H,16,17). The van der Waals surface area contributed by atoms with Crippen molar-refractivity contribution in [1.29, 1.82) is 0 Å². The minimum atomic E-state index is -0.423. The Morgan fingerprint density at radius 1 is 1.56 bits per heavy atom. The second-order valence-electron chi connectivity index (χ2n) is 5.05. The molecule has 1 aliphatic heterocycles. The van der Waals surface area contributed by atoms with Crippen LogP contribution in [0.3, 0.4) is 0 Å². The van der Waals surface area contributed by atoms with Crippen LogP contribution in [0, 0.1) is 0 Å². The molecule has 0 saturated carbocycles. The quantitative estimate of drug-likeness (QED) is 0.896. The van der Waals surface area contributed by atoms with Gasteiger partial charge in [-0.25, -0.2) is 0 Å². The fourth-order valence-electron chi connectivity index (χ4n) is 2.24. The molecular formula is C13H19ClN2OS. The Morgan fingerprint density at radius 3 is 2.89 bits per heavy atom. The van der Waals surface area contributed by atoms with Crippen LogP contribution in [0.25, 0.3) is 0 Å². The van der Waals surface area contributed by atoms with Gasteiger partial charge in [0.1, 0.15) is 0 Å². The maximum atomic E-state index is 12.3. The number of hydrogen-bond donors (Lipinski definition) is 2. The molecule has 0 aliphatic carbocycles. The number of hydrogen-bond acceptors (Lipinski definition) is 3. The summed E-state index contributed by atoms with van der Waals surface area (Å²) < 4.78 is 0.758. The van der Waals surface area contributed by atoms with Crippen molar-refractivity contribution in [3.63, 3.8) is 0 Å². The van der Waals surface area contributed by atoms with E-state index in [1.807, 2.05) is 26.0 Å². The molecule has 100 valence electrons. The van der Waals surface area contributed by atoms with Gasteiger partial charge in [0, 0.05) is 4.88 Å². The van der Waals surface area contributed by atoms with E-state index in [0.717, 1.165) is 35.0 Å². The fourth-order valence-corrected chi connectivity index (χ4v) is 3.30. The van der Waals surface area contributed by atoms with E-state index in [2.05, 4.69) is 10.6 Å². The molecular weight excluding hydrogens is 268 g/mol. The lowest BCUT2D eigenvalue weighted by Gasteiger charge is -2.34. The Hall–Kier alpha value is -0.580. The van der Waals surface area contributed by atoms with Crippen LogP contribution >= 0.6 is 22.9 Å². The van der Waals surface area contributed by atoms with Crippen molar-refractivity contribution < 1.29 is 4.79 Å². The predicted octanol–water partition coefficient (Wildman–Crippen LogP) is 3.11. The molecule has 0 bridgehead atoms. The highest BCUT2D eigenvalue weighted by atomic mass is 35.5. The molecule has 0 aromatic carbocycles. The molecule has 2 heterocycles. The van der Waals surface area contributed by atoms with Gasteiger partial charge in [0.25, 0.3) is 0 Å². The molecule has 1 aliphatic rings. The molecule has 2 rings (SSSR count). The monoisotopic (exact) mass is 286 g/mol. The highest BCUT2D eigenvalue weighted by molar-refractivity contribution is 7.16. The normalized spacial score (nSPS) is 25.7. The molecule has 3 nitrogen and oxygen atoms in total. The second-order valence-corrected chi connectivity index (χ2v) is 6.80. The Bertz CT molecular complexity index is 426. The van der Waals surface area contributed by atoms with Crippen LogP contribution in [-0.4, -0.2) is 18.0 Å². The first-order chi connectivity index (χ1) is 8.51. The van der Waals surface area contributed by atoms with Crippen LogP contribution in [0.15, 0.2) is 12.1 Å². The summed E-state index contributed by atoms with van der Waals surface area (Å²) in [7, 11) is 0. The molecule has 0 spiro atoms. The molecule has 2 unspecified atom stereocenters. The topological polar surface area (TPSA) is 41.1 Å². The van der Waals surface area contributed by atoms with E-state index in [4.69, 9.17) is 11.6 Å². The zero-order chi connectivity index (χ0) is 13.2. The van der Waals surface area contributed by atoms with E-state index >= 15 is 0 Å². The van der Waals surface area contributed by atoms with Crippen molar-refractivity contribution in [2.45, 2.75) is 44.7 Å². The maximum absolute atomic E-state index is 12.3. The first-order valence-corrected chi connectivity index (χ1v) is 7.52. The molecule has 2 N–H and O–H groups in total. The average molecular weight is 287 g/mol. The highest BCUT2D eigenvalue weighted by Gasteiger charge is 2.34. The zero-order valence-corrected chi connectivity index (χ0v) is 12.3. The molecule has 2 atom stereocenters. The molecule has 18 heavy (non-hydrogen) atoms. The summed E-state index contributed by atoms with van der Waals surface area (Å²) in [4.78, 5) is 13.4. The molecule has 1 saturated heterocycles. The smallest absolute Gasteiger partial charge is 0.240 e. The van der Waals surface area contributed by atoms with E-state index < -0.39 is 5.54 Å². The van der Waals surface area contributed by atoms with Gasteiger partial charge < -0.3 is 10.6 Å². The average Bonchev–Trinajstić information content (AvgIpc) is 2.77. The summed E-state index contributed by atoms with van der Waals surface area (Å²) in [6.45, 7) is 4.89. The summed E-state index contributed by atoms with van der Waals surface area (Å²) in [5.74, 6) is 0.0826. The third kappa shape index (κ3) is 3.05. The molecule has 1 amide bonds. The van der Waals surface area contributed by atoms with E-state index in [1.165, 1.54) is 11.3 Å². The summed E-state index contributed by atoms with van der Waals surface area (Å²) >= 11 is 7.42. The van der Waals surface area contributed by atoms with Crippen molar-refractivity contribution >= 4 is 28.8 Å². The van der Waals surface area contributed by atoms with Crippen LogP contribution < -0.4 is 10.6 Å². The van der Waals surface area contributed by atoms with Gasteiger partial charge >= 0.3 is 0 Å². The van der Waals surface area contributed by atoms with Crippen molar-refractivity contribution in [2.75, 3.05) is 6.54 Å².